The van der Waals surface area contributed by atoms with Crippen molar-refractivity contribution in [3.05, 3.63) is 36.4 Å². The Hall–Kier alpha value is -2.10. The Balaban J connectivity index is 1.89. The van der Waals surface area contributed by atoms with Gasteiger partial charge in [-0.1, -0.05) is 19.1 Å². The van der Waals surface area contributed by atoms with Crippen molar-refractivity contribution in [2.24, 2.45) is 17.8 Å². The fourth-order valence-corrected chi connectivity index (χ4v) is 3.26. The van der Waals surface area contributed by atoms with Crippen LogP contribution < -0.4 is 9.64 Å². The maximum atomic E-state index is 12.6. The molecule has 0 radical (unpaired) electrons. The van der Waals surface area contributed by atoms with E-state index < -0.39 is 0 Å². The van der Waals surface area contributed by atoms with E-state index in [2.05, 4.69) is 0 Å². The lowest BCUT2D eigenvalue weighted by Gasteiger charge is -2.22. The van der Waals surface area contributed by atoms with Crippen molar-refractivity contribution >= 4 is 17.5 Å². The quantitative estimate of drug-likeness (QED) is 0.633. The minimum Gasteiger partial charge on any atom is -0.494 e. The molecule has 1 aromatic rings. The predicted octanol–water partition coefficient (Wildman–Crippen LogP) is 2.79. The number of hydrogen-bond acceptors (Lipinski definition) is 3. The van der Waals surface area contributed by atoms with Crippen LogP contribution in [0.1, 0.15) is 20.3 Å². The Kier molecular flexibility index (Phi) is 3.53. The van der Waals surface area contributed by atoms with Gasteiger partial charge in [0.2, 0.25) is 11.8 Å². The summed E-state index contributed by atoms with van der Waals surface area (Å²) in [7, 11) is 0. The second-order valence-corrected chi connectivity index (χ2v) is 5.59. The molecule has 0 saturated carbocycles. The molecule has 2 aliphatic rings. The summed E-state index contributed by atoms with van der Waals surface area (Å²) in [6, 6.07) is 7.14. The number of hydrogen-bond donors (Lipinski definition) is 0. The Labute approximate surface area is 124 Å². The first-order chi connectivity index (χ1) is 10.1. The average molecular weight is 285 g/mol. The largest absolute Gasteiger partial charge is 0.494 e. The highest BCUT2D eigenvalue weighted by Gasteiger charge is 2.50. The standard InChI is InChI=1S/C17H19NO3/c1-3-21-13-9-7-12(8-10-13)18-16(19)14-6-4-5-11(2)15(14)17(18)20/h4-5,7-11,14-15H,3,6H2,1-2H3/t11-,14-,15-/m0/s1. The van der Waals surface area contributed by atoms with E-state index in [9.17, 15) is 9.59 Å². The summed E-state index contributed by atoms with van der Waals surface area (Å²) in [5.74, 6) is 0.287. The van der Waals surface area contributed by atoms with E-state index in [0.717, 1.165) is 5.75 Å². The number of amides is 2. The highest BCUT2D eigenvalue weighted by molar-refractivity contribution is 6.22. The molecule has 1 aliphatic carbocycles. The van der Waals surface area contributed by atoms with Crippen LogP contribution in [0, 0.1) is 17.8 Å². The topological polar surface area (TPSA) is 46.6 Å². The number of allylic oxidation sites excluding steroid dienone is 2. The Morgan fingerprint density at radius 3 is 2.52 bits per heavy atom. The van der Waals surface area contributed by atoms with Gasteiger partial charge < -0.3 is 4.74 Å². The first kappa shape index (κ1) is 13.9. The molecule has 3 atom stereocenters. The molecule has 1 saturated heterocycles. The fraction of sp³-hybridized carbons (Fsp3) is 0.412. The lowest BCUT2D eigenvalue weighted by Crippen LogP contribution is -2.31. The van der Waals surface area contributed by atoms with E-state index in [-0.39, 0.29) is 29.6 Å². The van der Waals surface area contributed by atoms with Crippen molar-refractivity contribution in [1.82, 2.24) is 0 Å². The molecule has 0 N–H and O–H groups in total. The van der Waals surface area contributed by atoms with Gasteiger partial charge in [0.15, 0.2) is 0 Å². The van der Waals surface area contributed by atoms with E-state index in [1.807, 2.05) is 26.0 Å². The van der Waals surface area contributed by atoms with Crippen LogP contribution in [-0.2, 0) is 9.59 Å². The summed E-state index contributed by atoms with van der Waals surface area (Å²) < 4.78 is 5.39. The summed E-state index contributed by atoms with van der Waals surface area (Å²) in [4.78, 5) is 26.5. The van der Waals surface area contributed by atoms with Gasteiger partial charge in [-0.15, -0.1) is 0 Å². The molecule has 0 bridgehead atoms. The third kappa shape index (κ3) is 2.24. The molecule has 0 spiro atoms. The molecule has 0 unspecified atom stereocenters. The third-order valence-corrected chi connectivity index (χ3v) is 4.28. The molecule has 4 heteroatoms. The molecule has 21 heavy (non-hydrogen) atoms. The predicted molar refractivity (Wildman–Crippen MR) is 80.0 cm³/mol. The molecular formula is C17H19NO3. The summed E-state index contributed by atoms with van der Waals surface area (Å²) >= 11 is 0. The van der Waals surface area contributed by atoms with Crippen LogP contribution in [0.15, 0.2) is 36.4 Å². The number of imide groups is 1. The highest BCUT2D eigenvalue weighted by Crippen LogP contribution is 2.40. The number of anilines is 1. The van der Waals surface area contributed by atoms with Gasteiger partial charge in [-0.25, -0.2) is 0 Å². The molecule has 1 aromatic carbocycles. The Bertz CT molecular complexity index is 591. The van der Waals surface area contributed by atoms with Gasteiger partial charge in [0.1, 0.15) is 5.75 Å². The maximum Gasteiger partial charge on any atom is 0.238 e. The van der Waals surface area contributed by atoms with Crippen LogP contribution in [-0.4, -0.2) is 18.4 Å². The summed E-state index contributed by atoms with van der Waals surface area (Å²) in [6.07, 6.45) is 4.71. The molecular weight excluding hydrogens is 266 g/mol. The number of rotatable bonds is 3. The second kappa shape index (κ2) is 5.35. The number of carbonyl (C=O) groups excluding carboxylic acids is 2. The zero-order valence-corrected chi connectivity index (χ0v) is 12.3. The second-order valence-electron chi connectivity index (χ2n) is 5.59. The van der Waals surface area contributed by atoms with Crippen molar-refractivity contribution in [3.8, 4) is 5.75 Å². The molecule has 110 valence electrons. The van der Waals surface area contributed by atoms with E-state index in [4.69, 9.17) is 4.74 Å². The normalized spacial score (nSPS) is 27.9. The Morgan fingerprint density at radius 2 is 1.90 bits per heavy atom. The van der Waals surface area contributed by atoms with Crippen LogP contribution >= 0.6 is 0 Å². The molecule has 1 heterocycles. The van der Waals surface area contributed by atoms with Crippen molar-refractivity contribution in [2.75, 3.05) is 11.5 Å². The average Bonchev–Trinajstić information content (AvgIpc) is 2.74. The zero-order valence-electron chi connectivity index (χ0n) is 12.3. The van der Waals surface area contributed by atoms with Gasteiger partial charge in [-0.3, -0.25) is 14.5 Å². The van der Waals surface area contributed by atoms with Crippen LogP contribution in [0.3, 0.4) is 0 Å². The molecule has 0 aromatic heterocycles. The van der Waals surface area contributed by atoms with Gasteiger partial charge >= 0.3 is 0 Å². The SMILES string of the molecule is CCOc1ccc(N2C(=O)[C@@H]3[C@H](CC=C[C@@H]3C)C2=O)cc1. The van der Waals surface area contributed by atoms with Crippen LogP contribution in [0.5, 0.6) is 5.75 Å². The first-order valence-electron chi connectivity index (χ1n) is 7.40. The van der Waals surface area contributed by atoms with Crippen molar-refractivity contribution < 1.29 is 14.3 Å². The van der Waals surface area contributed by atoms with E-state index >= 15 is 0 Å². The van der Waals surface area contributed by atoms with E-state index in [1.165, 1.54) is 4.90 Å². The summed E-state index contributed by atoms with van der Waals surface area (Å²) in [5.41, 5.74) is 0.634. The van der Waals surface area contributed by atoms with Gasteiger partial charge in [0.25, 0.3) is 0 Å². The molecule has 1 fully saturated rings. The highest BCUT2D eigenvalue weighted by atomic mass is 16.5. The third-order valence-electron chi connectivity index (χ3n) is 4.28. The lowest BCUT2D eigenvalue weighted by molar-refractivity contribution is -0.122. The summed E-state index contributed by atoms with van der Waals surface area (Å²) in [6.45, 7) is 4.51. The van der Waals surface area contributed by atoms with Crippen LogP contribution in [0.25, 0.3) is 0 Å². The minimum absolute atomic E-state index is 0.0778. The maximum absolute atomic E-state index is 12.6. The first-order valence-corrected chi connectivity index (χ1v) is 7.40. The van der Waals surface area contributed by atoms with Gasteiger partial charge in [0.05, 0.1) is 24.1 Å². The van der Waals surface area contributed by atoms with Crippen molar-refractivity contribution in [3.63, 3.8) is 0 Å². The van der Waals surface area contributed by atoms with Crippen LogP contribution in [0.2, 0.25) is 0 Å². The van der Waals surface area contributed by atoms with Crippen molar-refractivity contribution in [2.45, 2.75) is 20.3 Å². The fourth-order valence-electron chi connectivity index (χ4n) is 3.26. The van der Waals surface area contributed by atoms with E-state index in [0.29, 0.717) is 18.7 Å². The number of ether oxygens (including phenoxy) is 1. The van der Waals surface area contributed by atoms with E-state index in [1.54, 1.807) is 24.3 Å². The smallest absolute Gasteiger partial charge is 0.238 e. The van der Waals surface area contributed by atoms with Gasteiger partial charge in [-0.2, -0.15) is 0 Å². The monoisotopic (exact) mass is 285 g/mol. The number of nitrogens with zero attached hydrogens (tertiary/aromatic N) is 1. The zero-order chi connectivity index (χ0) is 15.0. The molecule has 3 rings (SSSR count). The lowest BCUT2D eigenvalue weighted by atomic mass is 9.78. The molecule has 2 amide bonds. The minimum atomic E-state index is -0.214. The summed E-state index contributed by atoms with van der Waals surface area (Å²) in [5, 5.41) is 0. The number of fused-ring (bicyclic) bond motifs is 1. The van der Waals surface area contributed by atoms with Crippen molar-refractivity contribution in [1.29, 1.82) is 0 Å². The number of carbonyl (C=O) groups is 2. The van der Waals surface area contributed by atoms with Gasteiger partial charge in [-0.05, 0) is 43.5 Å². The number of benzene rings is 1. The molecule has 4 nitrogen and oxygen atoms in total. The molecule has 1 aliphatic heterocycles. The Morgan fingerprint density at radius 1 is 1.19 bits per heavy atom. The van der Waals surface area contributed by atoms with Gasteiger partial charge in [0, 0.05) is 0 Å². The van der Waals surface area contributed by atoms with Crippen LogP contribution in [0.4, 0.5) is 5.69 Å².